The van der Waals surface area contributed by atoms with Gasteiger partial charge in [-0.2, -0.15) is 0 Å². The fourth-order valence-electron chi connectivity index (χ4n) is 1.39. The van der Waals surface area contributed by atoms with Gasteiger partial charge in [0, 0.05) is 0 Å². The number of rotatable bonds is 2. The van der Waals surface area contributed by atoms with Crippen LogP contribution in [0.3, 0.4) is 0 Å². The quantitative estimate of drug-likeness (QED) is 0.760. The molecule has 0 saturated heterocycles. The van der Waals surface area contributed by atoms with Crippen molar-refractivity contribution in [2.24, 2.45) is 0 Å². The number of methoxy groups -OCH3 is 1. The summed E-state index contributed by atoms with van der Waals surface area (Å²) in [5.41, 5.74) is 6.02. The van der Waals surface area contributed by atoms with Gasteiger partial charge >= 0.3 is 5.56 Å². The smallest absolute Gasteiger partial charge is 0.315 e. The molecule has 2 aromatic rings. The highest BCUT2D eigenvalue weighted by Gasteiger charge is 2.12. The maximum atomic E-state index is 11.7. The summed E-state index contributed by atoms with van der Waals surface area (Å²) in [5, 5.41) is 2.74. The average molecular weight is 205 g/mol. The summed E-state index contributed by atoms with van der Waals surface area (Å²) in [6.07, 6.45) is 0. The number of para-hydroxylation sites is 1. The molecule has 0 spiro atoms. The molecule has 1 heterocycles. The molecule has 1 aromatic heterocycles. The van der Waals surface area contributed by atoms with Crippen LogP contribution in [0.1, 0.15) is 0 Å². The van der Waals surface area contributed by atoms with E-state index in [1.165, 1.54) is 11.8 Å². The summed E-state index contributed by atoms with van der Waals surface area (Å²) in [6.45, 7) is 0. The van der Waals surface area contributed by atoms with Crippen LogP contribution in [0.15, 0.2) is 35.1 Å². The zero-order valence-corrected chi connectivity index (χ0v) is 8.23. The third-order valence-electron chi connectivity index (χ3n) is 2.09. The number of nitrogens with two attached hydrogens (primary N) is 1. The van der Waals surface area contributed by atoms with Crippen molar-refractivity contribution in [3.63, 3.8) is 0 Å². The van der Waals surface area contributed by atoms with E-state index >= 15 is 0 Å². The highest BCUT2D eigenvalue weighted by atomic mass is 16.5. The summed E-state index contributed by atoms with van der Waals surface area (Å²) in [4.78, 5) is 11.7. The standard InChI is InChI=1S/C10H11N3O2/c1-15-8-9(11)12-13(10(8)14)7-5-3-2-4-6-7/h2-6,12H,11H2,1H3. The minimum atomic E-state index is -0.291. The number of nitrogens with zero attached hydrogens (tertiary/aromatic N) is 1. The van der Waals surface area contributed by atoms with Crippen LogP contribution >= 0.6 is 0 Å². The number of nitrogen functional groups attached to an aromatic ring is 1. The van der Waals surface area contributed by atoms with Crippen LogP contribution in [0.4, 0.5) is 5.82 Å². The molecule has 0 atom stereocenters. The fourth-order valence-corrected chi connectivity index (χ4v) is 1.39. The summed E-state index contributed by atoms with van der Waals surface area (Å²) in [7, 11) is 1.41. The van der Waals surface area contributed by atoms with E-state index in [-0.39, 0.29) is 17.1 Å². The minimum Gasteiger partial charge on any atom is -0.488 e. The monoisotopic (exact) mass is 205 g/mol. The Labute approximate surface area is 86.1 Å². The zero-order chi connectivity index (χ0) is 10.8. The Morgan fingerprint density at radius 3 is 2.53 bits per heavy atom. The van der Waals surface area contributed by atoms with Crippen molar-refractivity contribution in [1.82, 2.24) is 9.78 Å². The molecule has 15 heavy (non-hydrogen) atoms. The number of ether oxygens (including phenoxy) is 1. The van der Waals surface area contributed by atoms with Crippen molar-refractivity contribution in [3.05, 3.63) is 40.7 Å². The maximum Gasteiger partial charge on any atom is 0.315 e. The van der Waals surface area contributed by atoms with Crippen LogP contribution in [0, 0.1) is 0 Å². The number of anilines is 1. The lowest BCUT2D eigenvalue weighted by atomic mass is 10.3. The molecular weight excluding hydrogens is 194 g/mol. The van der Waals surface area contributed by atoms with Gasteiger partial charge in [-0.1, -0.05) is 18.2 Å². The lowest BCUT2D eigenvalue weighted by molar-refractivity contribution is 0.412. The molecule has 0 bridgehead atoms. The van der Waals surface area contributed by atoms with Crippen LogP contribution in [0.5, 0.6) is 5.75 Å². The summed E-state index contributed by atoms with van der Waals surface area (Å²) >= 11 is 0. The normalized spacial score (nSPS) is 10.2. The van der Waals surface area contributed by atoms with E-state index in [0.717, 1.165) is 5.69 Å². The molecule has 0 fully saturated rings. The second-order valence-corrected chi connectivity index (χ2v) is 3.03. The van der Waals surface area contributed by atoms with Gasteiger partial charge in [-0.3, -0.25) is 9.89 Å². The van der Waals surface area contributed by atoms with Gasteiger partial charge in [0.05, 0.1) is 12.8 Å². The van der Waals surface area contributed by atoms with Crippen molar-refractivity contribution >= 4 is 5.82 Å². The van der Waals surface area contributed by atoms with Crippen molar-refractivity contribution < 1.29 is 4.74 Å². The van der Waals surface area contributed by atoms with Gasteiger partial charge in [0.25, 0.3) is 0 Å². The molecule has 5 heteroatoms. The third-order valence-corrected chi connectivity index (χ3v) is 2.09. The lowest BCUT2D eigenvalue weighted by Gasteiger charge is -1.98. The van der Waals surface area contributed by atoms with Crippen molar-refractivity contribution in [1.29, 1.82) is 0 Å². The first-order valence-electron chi connectivity index (χ1n) is 4.44. The second kappa shape index (κ2) is 3.53. The number of aromatic nitrogens is 2. The first-order valence-corrected chi connectivity index (χ1v) is 4.44. The molecule has 0 unspecified atom stereocenters. The number of nitrogens with one attached hydrogen (secondary N) is 1. The summed E-state index contributed by atoms with van der Waals surface area (Å²) in [6, 6.07) is 9.15. The fraction of sp³-hybridized carbons (Fsp3) is 0.100. The van der Waals surface area contributed by atoms with Crippen molar-refractivity contribution in [3.8, 4) is 11.4 Å². The predicted molar refractivity (Wildman–Crippen MR) is 57.4 cm³/mol. The number of hydrogen-bond acceptors (Lipinski definition) is 3. The van der Waals surface area contributed by atoms with E-state index in [2.05, 4.69) is 5.10 Å². The van der Waals surface area contributed by atoms with Crippen LogP contribution in [0.2, 0.25) is 0 Å². The molecule has 0 amide bonds. The van der Waals surface area contributed by atoms with E-state index in [1.54, 1.807) is 12.1 Å². The minimum absolute atomic E-state index is 0.138. The Kier molecular flexibility index (Phi) is 2.21. The van der Waals surface area contributed by atoms with Gasteiger partial charge in [0.15, 0.2) is 5.82 Å². The largest absolute Gasteiger partial charge is 0.488 e. The second-order valence-electron chi connectivity index (χ2n) is 3.03. The zero-order valence-electron chi connectivity index (χ0n) is 8.23. The first-order chi connectivity index (χ1) is 7.24. The van der Waals surface area contributed by atoms with E-state index in [9.17, 15) is 4.79 Å². The summed E-state index contributed by atoms with van der Waals surface area (Å²) in [5.74, 6) is 0.366. The summed E-state index contributed by atoms with van der Waals surface area (Å²) < 4.78 is 6.23. The van der Waals surface area contributed by atoms with Crippen LogP contribution in [0.25, 0.3) is 5.69 Å². The maximum absolute atomic E-state index is 11.7. The van der Waals surface area contributed by atoms with Crippen molar-refractivity contribution in [2.75, 3.05) is 12.8 Å². The molecule has 0 aliphatic rings. The Bertz CT molecular complexity index is 513. The molecule has 0 radical (unpaired) electrons. The molecular formula is C10H11N3O2. The van der Waals surface area contributed by atoms with Crippen molar-refractivity contribution in [2.45, 2.75) is 0 Å². The van der Waals surface area contributed by atoms with E-state index in [0.29, 0.717) is 0 Å². The van der Waals surface area contributed by atoms with Crippen LogP contribution < -0.4 is 16.0 Å². The number of benzene rings is 1. The lowest BCUT2D eigenvalue weighted by Crippen LogP contribution is -2.15. The van der Waals surface area contributed by atoms with Gasteiger partial charge < -0.3 is 10.5 Å². The Morgan fingerprint density at radius 2 is 2.00 bits per heavy atom. The molecule has 5 nitrogen and oxygen atoms in total. The van der Waals surface area contributed by atoms with E-state index < -0.39 is 0 Å². The molecule has 0 aliphatic carbocycles. The SMILES string of the molecule is COc1c(N)[nH]n(-c2ccccc2)c1=O. The average Bonchev–Trinajstić information content (AvgIpc) is 2.55. The number of H-pyrrole nitrogens is 1. The van der Waals surface area contributed by atoms with Gasteiger partial charge in [0.1, 0.15) is 0 Å². The molecule has 78 valence electrons. The molecule has 0 saturated carbocycles. The molecule has 3 N–H and O–H groups in total. The van der Waals surface area contributed by atoms with Gasteiger partial charge in [-0.15, -0.1) is 0 Å². The number of hydrogen-bond donors (Lipinski definition) is 2. The van der Waals surface area contributed by atoms with Crippen LogP contribution in [-0.2, 0) is 0 Å². The Morgan fingerprint density at radius 1 is 1.33 bits per heavy atom. The highest BCUT2D eigenvalue weighted by molar-refractivity contribution is 5.46. The predicted octanol–water partition coefficient (Wildman–Crippen LogP) is 0.756. The highest BCUT2D eigenvalue weighted by Crippen LogP contribution is 2.14. The van der Waals surface area contributed by atoms with E-state index in [1.807, 2.05) is 18.2 Å². The first kappa shape index (κ1) is 9.39. The number of aromatic amines is 1. The van der Waals surface area contributed by atoms with Crippen LogP contribution in [-0.4, -0.2) is 16.9 Å². The van der Waals surface area contributed by atoms with E-state index in [4.69, 9.17) is 10.5 Å². The topological polar surface area (TPSA) is 73.0 Å². The Hall–Kier alpha value is -2.17. The molecule has 1 aromatic carbocycles. The molecule has 2 rings (SSSR count). The molecule has 0 aliphatic heterocycles. The van der Waals surface area contributed by atoms with Gasteiger partial charge in [0.2, 0.25) is 5.75 Å². The van der Waals surface area contributed by atoms with Gasteiger partial charge in [-0.25, -0.2) is 4.68 Å². The Balaban J connectivity index is 2.61. The third kappa shape index (κ3) is 1.48. The van der Waals surface area contributed by atoms with Gasteiger partial charge in [-0.05, 0) is 12.1 Å².